The summed E-state index contributed by atoms with van der Waals surface area (Å²) in [5.41, 5.74) is 4.12. The van der Waals surface area contributed by atoms with Crippen molar-refractivity contribution in [2.24, 2.45) is 0 Å². The second kappa shape index (κ2) is 6.33. The van der Waals surface area contributed by atoms with Crippen LogP contribution >= 0.6 is 34.8 Å². The summed E-state index contributed by atoms with van der Waals surface area (Å²) >= 11 is 18.3. The van der Waals surface area contributed by atoms with Crippen molar-refractivity contribution in [1.29, 1.82) is 0 Å². The molecular formula is C17H13Cl3N2. The number of nitrogens with zero attached hydrogens (tertiary/aromatic N) is 2. The van der Waals surface area contributed by atoms with E-state index in [1.165, 1.54) is 0 Å². The summed E-state index contributed by atoms with van der Waals surface area (Å²) < 4.78 is 1.92. The van der Waals surface area contributed by atoms with Crippen LogP contribution in [0.1, 0.15) is 11.1 Å². The molecule has 0 radical (unpaired) electrons. The van der Waals surface area contributed by atoms with E-state index in [2.05, 4.69) is 11.2 Å². The molecule has 2 nitrogen and oxygen atoms in total. The fourth-order valence-corrected chi connectivity index (χ4v) is 2.77. The molecule has 22 heavy (non-hydrogen) atoms. The average Bonchev–Trinajstić information content (AvgIpc) is 2.94. The third-order valence-electron chi connectivity index (χ3n) is 3.50. The summed E-state index contributed by atoms with van der Waals surface area (Å²) in [6.07, 6.45) is 1.77. The predicted molar refractivity (Wildman–Crippen MR) is 93.0 cm³/mol. The number of benzene rings is 2. The third-order valence-corrected chi connectivity index (χ3v) is 4.65. The van der Waals surface area contributed by atoms with Crippen LogP contribution in [0.25, 0.3) is 11.3 Å². The molecule has 0 N–H and O–H groups in total. The van der Waals surface area contributed by atoms with E-state index in [-0.39, 0.29) is 0 Å². The van der Waals surface area contributed by atoms with Gasteiger partial charge < -0.3 is 0 Å². The normalized spacial score (nSPS) is 10.9. The van der Waals surface area contributed by atoms with E-state index in [9.17, 15) is 0 Å². The molecule has 0 spiro atoms. The van der Waals surface area contributed by atoms with Gasteiger partial charge in [0.1, 0.15) is 0 Å². The molecule has 0 fully saturated rings. The summed E-state index contributed by atoms with van der Waals surface area (Å²) in [5, 5.41) is 6.23. The molecule has 1 aromatic heterocycles. The van der Waals surface area contributed by atoms with E-state index in [0.717, 1.165) is 27.4 Å². The van der Waals surface area contributed by atoms with E-state index in [1.54, 1.807) is 12.3 Å². The van der Waals surface area contributed by atoms with Gasteiger partial charge in [0.25, 0.3) is 0 Å². The Kier molecular flexibility index (Phi) is 4.44. The zero-order valence-electron chi connectivity index (χ0n) is 11.9. The molecule has 0 amide bonds. The van der Waals surface area contributed by atoms with Crippen molar-refractivity contribution in [2.45, 2.75) is 13.5 Å². The van der Waals surface area contributed by atoms with Gasteiger partial charge in [0.15, 0.2) is 0 Å². The predicted octanol–water partition coefficient (Wildman–Crippen LogP) is 5.87. The minimum Gasteiger partial charge on any atom is -0.260 e. The molecule has 0 aliphatic rings. The Morgan fingerprint density at radius 1 is 0.909 bits per heavy atom. The van der Waals surface area contributed by atoms with Gasteiger partial charge in [-0.1, -0.05) is 53.0 Å². The lowest BCUT2D eigenvalue weighted by Gasteiger charge is -2.10. The number of aryl methyl sites for hydroxylation is 1. The highest BCUT2D eigenvalue weighted by molar-refractivity contribution is 6.42. The lowest BCUT2D eigenvalue weighted by Crippen LogP contribution is -2.03. The second-order valence-corrected chi connectivity index (χ2v) is 6.31. The SMILES string of the molecule is Cc1ccc(Cn2nccc2-c2ccc(Cl)c(Cl)c2)cc1Cl. The Labute approximate surface area is 144 Å². The minimum atomic E-state index is 0.533. The Hall–Kier alpha value is -1.48. The summed E-state index contributed by atoms with van der Waals surface area (Å²) in [7, 11) is 0. The van der Waals surface area contributed by atoms with Gasteiger partial charge in [-0.15, -0.1) is 0 Å². The lowest BCUT2D eigenvalue weighted by atomic mass is 10.1. The van der Waals surface area contributed by atoms with Gasteiger partial charge in [-0.25, -0.2) is 0 Å². The molecule has 112 valence electrons. The highest BCUT2D eigenvalue weighted by Crippen LogP contribution is 2.29. The molecule has 0 bridgehead atoms. The van der Waals surface area contributed by atoms with E-state index in [1.807, 2.05) is 41.9 Å². The highest BCUT2D eigenvalue weighted by atomic mass is 35.5. The van der Waals surface area contributed by atoms with Gasteiger partial charge >= 0.3 is 0 Å². The van der Waals surface area contributed by atoms with Crippen LogP contribution in [0.5, 0.6) is 0 Å². The molecule has 3 aromatic rings. The number of halogens is 3. The molecule has 0 saturated carbocycles. The molecule has 1 heterocycles. The van der Waals surface area contributed by atoms with Crippen molar-refractivity contribution in [3.8, 4) is 11.3 Å². The molecule has 0 aliphatic heterocycles. The molecule has 5 heteroatoms. The Balaban J connectivity index is 1.94. The van der Waals surface area contributed by atoms with Crippen LogP contribution in [0, 0.1) is 6.92 Å². The van der Waals surface area contributed by atoms with Gasteiger partial charge in [-0.2, -0.15) is 5.10 Å². The standard InChI is InChI=1S/C17H13Cl3N2/c1-11-2-3-12(8-15(11)19)10-22-17(6-7-21-22)13-4-5-14(18)16(20)9-13/h2-9H,10H2,1H3. The minimum absolute atomic E-state index is 0.533. The Morgan fingerprint density at radius 2 is 1.73 bits per heavy atom. The number of rotatable bonds is 3. The Morgan fingerprint density at radius 3 is 2.45 bits per heavy atom. The largest absolute Gasteiger partial charge is 0.260 e. The van der Waals surface area contributed by atoms with Crippen LogP contribution in [0.3, 0.4) is 0 Å². The molecule has 0 aliphatic carbocycles. The van der Waals surface area contributed by atoms with Crippen LogP contribution < -0.4 is 0 Å². The maximum atomic E-state index is 6.19. The lowest BCUT2D eigenvalue weighted by molar-refractivity contribution is 0.694. The zero-order valence-corrected chi connectivity index (χ0v) is 14.1. The van der Waals surface area contributed by atoms with Crippen molar-refractivity contribution in [2.75, 3.05) is 0 Å². The van der Waals surface area contributed by atoms with E-state index in [0.29, 0.717) is 16.6 Å². The summed E-state index contributed by atoms with van der Waals surface area (Å²) in [6.45, 7) is 2.63. The van der Waals surface area contributed by atoms with Crippen LogP contribution in [0.4, 0.5) is 0 Å². The average molecular weight is 352 g/mol. The molecular weight excluding hydrogens is 339 g/mol. The van der Waals surface area contributed by atoms with Gasteiger partial charge in [0, 0.05) is 16.8 Å². The zero-order chi connectivity index (χ0) is 15.7. The van der Waals surface area contributed by atoms with Crippen molar-refractivity contribution >= 4 is 34.8 Å². The van der Waals surface area contributed by atoms with Crippen LogP contribution in [0.15, 0.2) is 48.7 Å². The van der Waals surface area contributed by atoms with Crippen molar-refractivity contribution in [1.82, 2.24) is 9.78 Å². The first kappa shape index (κ1) is 15.4. The first-order valence-electron chi connectivity index (χ1n) is 6.77. The van der Waals surface area contributed by atoms with Crippen LogP contribution in [-0.4, -0.2) is 9.78 Å². The van der Waals surface area contributed by atoms with Gasteiger partial charge in [-0.05, 0) is 42.3 Å². The van der Waals surface area contributed by atoms with E-state index >= 15 is 0 Å². The molecule has 2 aromatic carbocycles. The summed E-state index contributed by atoms with van der Waals surface area (Å²) in [6, 6.07) is 13.6. The smallest absolute Gasteiger partial charge is 0.0686 e. The first-order chi connectivity index (χ1) is 10.5. The van der Waals surface area contributed by atoms with Gasteiger partial charge in [0.05, 0.1) is 22.3 Å². The number of hydrogen-bond donors (Lipinski definition) is 0. The fraction of sp³-hybridized carbons (Fsp3) is 0.118. The topological polar surface area (TPSA) is 17.8 Å². The summed E-state index contributed by atoms with van der Waals surface area (Å²) in [4.78, 5) is 0. The summed E-state index contributed by atoms with van der Waals surface area (Å²) in [5.74, 6) is 0. The van der Waals surface area contributed by atoms with Crippen LogP contribution in [0.2, 0.25) is 15.1 Å². The third kappa shape index (κ3) is 3.14. The monoisotopic (exact) mass is 350 g/mol. The quantitative estimate of drug-likeness (QED) is 0.577. The van der Waals surface area contributed by atoms with Crippen molar-refractivity contribution < 1.29 is 0 Å². The highest BCUT2D eigenvalue weighted by Gasteiger charge is 2.09. The van der Waals surface area contributed by atoms with Crippen molar-refractivity contribution in [3.05, 3.63) is 74.9 Å². The number of hydrogen-bond acceptors (Lipinski definition) is 1. The molecule has 3 rings (SSSR count). The maximum Gasteiger partial charge on any atom is 0.0686 e. The van der Waals surface area contributed by atoms with Gasteiger partial charge in [-0.3, -0.25) is 4.68 Å². The number of aromatic nitrogens is 2. The van der Waals surface area contributed by atoms with Crippen molar-refractivity contribution in [3.63, 3.8) is 0 Å². The Bertz CT molecular complexity index is 825. The van der Waals surface area contributed by atoms with Crippen LogP contribution in [-0.2, 0) is 6.54 Å². The van der Waals surface area contributed by atoms with Gasteiger partial charge in [0.2, 0.25) is 0 Å². The second-order valence-electron chi connectivity index (χ2n) is 5.09. The molecule has 0 saturated heterocycles. The molecule has 0 unspecified atom stereocenters. The maximum absolute atomic E-state index is 6.19. The van der Waals surface area contributed by atoms with E-state index in [4.69, 9.17) is 34.8 Å². The molecule has 0 atom stereocenters. The first-order valence-corrected chi connectivity index (χ1v) is 7.90. The fourth-order valence-electron chi connectivity index (χ4n) is 2.27. The van der Waals surface area contributed by atoms with E-state index < -0.39 is 0 Å².